The van der Waals surface area contributed by atoms with Gasteiger partial charge in [-0.15, -0.1) is 0 Å². The van der Waals surface area contributed by atoms with E-state index in [2.05, 4.69) is 20.3 Å². The van der Waals surface area contributed by atoms with E-state index in [1.54, 1.807) is 25.1 Å². The number of nitrogens with zero attached hydrogens (tertiary/aromatic N) is 3. The smallest absolute Gasteiger partial charge is 0.416 e. The average Bonchev–Trinajstić information content (AvgIpc) is 2.79. The lowest BCUT2D eigenvalue weighted by molar-refractivity contribution is -0.137. The molecular weight excluding hydrogens is 462 g/mol. The molecule has 0 aliphatic rings. The van der Waals surface area contributed by atoms with Gasteiger partial charge in [-0.25, -0.2) is 28.1 Å². The van der Waals surface area contributed by atoms with Crippen molar-refractivity contribution in [2.75, 3.05) is 11.9 Å². The van der Waals surface area contributed by atoms with Crippen molar-refractivity contribution in [3.63, 3.8) is 0 Å². The summed E-state index contributed by atoms with van der Waals surface area (Å²) in [6, 6.07) is 7.16. The minimum absolute atomic E-state index is 0.0480. The molecule has 5 nitrogen and oxygen atoms in total. The van der Waals surface area contributed by atoms with Crippen molar-refractivity contribution in [1.82, 2.24) is 15.0 Å². The number of alkyl halides is 3. The molecule has 34 heavy (non-hydrogen) atoms. The van der Waals surface area contributed by atoms with Crippen molar-refractivity contribution < 1.29 is 31.1 Å². The number of anilines is 1. The first-order valence-electron chi connectivity index (χ1n) is 9.96. The van der Waals surface area contributed by atoms with Gasteiger partial charge in [0.2, 0.25) is 5.88 Å². The Labute approximate surface area is 189 Å². The molecule has 0 spiro atoms. The summed E-state index contributed by atoms with van der Waals surface area (Å²) in [5.74, 6) is -3.50. The van der Waals surface area contributed by atoms with Crippen LogP contribution in [0.5, 0.6) is 11.6 Å². The number of benzene rings is 2. The fraction of sp³-hybridized carbons (Fsp3) is 0.174. The number of halogens is 6. The molecule has 0 saturated heterocycles. The van der Waals surface area contributed by atoms with E-state index in [0.29, 0.717) is 23.8 Å². The van der Waals surface area contributed by atoms with E-state index < -0.39 is 29.2 Å². The molecule has 0 saturated carbocycles. The van der Waals surface area contributed by atoms with Crippen LogP contribution in [0.2, 0.25) is 0 Å². The Bertz CT molecular complexity index is 1360. The van der Waals surface area contributed by atoms with E-state index in [4.69, 9.17) is 4.74 Å². The normalized spacial score (nSPS) is 11.6. The molecule has 2 aromatic carbocycles. The number of hydrogen-bond donors (Lipinski definition) is 1. The maximum atomic E-state index is 14.2. The van der Waals surface area contributed by atoms with Crippen molar-refractivity contribution in [3.05, 3.63) is 83.1 Å². The summed E-state index contributed by atoms with van der Waals surface area (Å²) < 4.78 is 85.9. The van der Waals surface area contributed by atoms with Crippen molar-refractivity contribution >= 4 is 16.7 Å². The van der Waals surface area contributed by atoms with E-state index >= 15 is 0 Å². The SMILES string of the molecule is Cc1cc(CCNc2ncnc3c(F)cc(F)c(F)c23)ccc1Oc1cc(C(F)(F)F)ccn1. The van der Waals surface area contributed by atoms with E-state index in [-0.39, 0.29) is 29.1 Å². The van der Waals surface area contributed by atoms with Gasteiger partial charge in [0.25, 0.3) is 0 Å². The fourth-order valence-electron chi connectivity index (χ4n) is 3.33. The number of fused-ring (bicyclic) bond motifs is 1. The third-order valence-corrected chi connectivity index (χ3v) is 4.98. The van der Waals surface area contributed by atoms with Gasteiger partial charge in [0.1, 0.15) is 23.4 Å². The highest BCUT2D eigenvalue weighted by molar-refractivity contribution is 5.89. The Morgan fingerprint density at radius 3 is 2.47 bits per heavy atom. The number of hydrogen-bond acceptors (Lipinski definition) is 5. The van der Waals surface area contributed by atoms with Crippen LogP contribution in [0.4, 0.5) is 32.2 Å². The van der Waals surface area contributed by atoms with Crippen molar-refractivity contribution in [2.45, 2.75) is 19.5 Å². The highest BCUT2D eigenvalue weighted by Gasteiger charge is 2.31. The lowest BCUT2D eigenvalue weighted by Gasteiger charge is -2.12. The first-order valence-corrected chi connectivity index (χ1v) is 9.96. The van der Waals surface area contributed by atoms with Gasteiger partial charge in [-0.1, -0.05) is 12.1 Å². The molecular formula is C23H16F6N4O. The molecule has 2 aromatic heterocycles. The summed E-state index contributed by atoms with van der Waals surface area (Å²) in [5.41, 5.74) is 0.271. The zero-order valence-electron chi connectivity index (χ0n) is 17.6. The molecule has 4 aromatic rings. The number of pyridine rings is 1. The minimum Gasteiger partial charge on any atom is -0.439 e. The van der Waals surface area contributed by atoms with Gasteiger partial charge in [0.15, 0.2) is 17.5 Å². The Kier molecular flexibility index (Phi) is 6.27. The number of aryl methyl sites for hydroxylation is 1. The van der Waals surface area contributed by atoms with E-state index in [9.17, 15) is 26.3 Å². The van der Waals surface area contributed by atoms with E-state index in [1.165, 1.54) is 0 Å². The molecule has 176 valence electrons. The molecule has 11 heteroatoms. The van der Waals surface area contributed by atoms with Gasteiger partial charge in [0.05, 0.1) is 10.9 Å². The second-order valence-corrected chi connectivity index (χ2v) is 7.36. The zero-order chi connectivity index (χ0) is 24.5. The third-order valence-electron chi connectivity index (χ3n) is 4.98. The minimum atomic E-state index is -4.51. The molecule has 1 N–H and O–H groups in total. The van der Waals surface area contributed by atoms with Crippen LogP contribution in [0, 0.1) is 24.4 Å². The first-order chi connectivity index (χ1) is 16.1. The highest BCUT2D eigenvalue weighted by Crippen LogP contribution is 2.32. The molecule has 0 unspecified atom stereocenters. The molecule has 0 amide bonds. The average molecular weight is 478 g/mol. The number of nitrogens with one attached hydrogen (secondary N) is 1. The van der Waals surface area contributed by atoms with Crippen molar-refractivity contribution in [2.24, 2.45) is 0 Å². The van der Waals surface area contributed by atoms with Crippen LogP contribution in [0.3, 0.4) is 0 Å². The Morgan fingerprint density at radius 2 is 1.74 bits per heavy atom. The molecule has 2 heterocycles. The Balaban J connectivity index is 1.45. The monoisotopic (exact) mass is 478 g/mol. The van der Waals surface area contributed by atoms with Crippen LogP contribution < -0.4 is 10.1 Å². The zero-order valence-corrected chi connectivity index (χ0v) is 17.6. The highest BCUT2D eigenvalue weighted by atomic mass is 19.4. The van der Waals surface area contributed by atoms with Gasteiger partial charge in [0, 0.05) is 24.9 Å². The number of rotatable bonds is 6. The molecule has 4 rings (SSSR count). The summed E-state index contributed by atoms with van der Waals surface area (Å²) >= 11 is 0. The topological polar surface area (TPSA) is 59.9 Å². The molecule has 0 bridgehead atoms. The largest absolute Gasteiger partial charge is 0.439 e. The van der Waals surface area contributed by atoms with Crippen LogP contribution in [-0.2, 0) is 12.6 Å². The van der Waals surface area contributed by atoms with Gasteiger partial charge < -0.3 is 10.1 Å². The molecule has 0 atom stereocenters. The summed E-state index contributed by atoms with van der Waals surface area (Å²) in [6.45, 7) is 1.97. The van der Waals surface area contributed by atoms with Crippen molar-refractivity contribution in [1.29, 1.82) is 0 Å². The first kappa shape index (κ1) is 23.3. The summed E-state index contributed by atoms with van der Waals surface area (Å²) in [4.78, 5) is 11.4. The third kappa shape index (κ3) is 4.87. The van der Waals surface area contributed by atoms with E-state index in [0.717, 1.165) is 30.2 Å². The Morgan fingerprint density at radius 1 is 0.941 bits per heavy atom. The number of aromatic nitrogens is 3. The number of ether oxygens (including phenoxy) is 1. The molecule has 0 aliphatic carbocycles. The van der Waals surface area contributed by atoms with Crippen LogP contribution in [0.1, 0.15) is 16.7 Å². The molecule has 0 fully saturated rings. The van der Waals surface area contributed by atoms with Crippen LogP contribution >= 0.6 is 0 Å². The van der Waals surface area contributed by atoms with Gasteiger partial charge in [-0.3, -0.25) is 0 Å². The van der Waals surface area contributed by atoms with Gasteiger partial charge in [-0.05, 0) is 36.6 Å². The van der Waals surface area contributed by atoms with Crippen molar-refractivity contribution in [3.8, 4) is 11.6 Å². The second-order valence-electron chi connectivity index (χ2n) is 7.36. The maximum Gasteiger partial charge on any atom is 0.416 e. The second kappa shape index (κ2) is 9.16. The van der Waals surface area contributed by atoms with Gasteiger partial charge in [-0.2, -0.15) is 13.2 Å². The lowest BCUT2D eigenvalue weighted by Crippen LogP contribution is -2.09. The molecule has 0 radical (unpaired) electrons. The van der Waals surface area contributed by atoms with Crippen LogP contribution in [0.25, 0.3) is 10.9 Å². The maximum absolute atomic E-state index is 14.2. The summed E-state index contributed by atoms with van der Waals surface area (Å²) in [7, 11) is 0. The molecule has 0 aliphatic heterocycles. The van der Waals surface area contributed by atoms with E-state index in [1.807, 2.05) is 0 Å². The van der Waals surface area contributed by atoms with Crippen LogP contribution in [0.15, 0.2) is 48.9 Å². The predicted octanol–water partition coefficient (Wildman–Crippen LogP) is 6.22. The fourth-order valence-corrected chi connectivity index (χ4v) is 3.33. The van der Waals surface area contributed by atoms with Crippen LogP contribution in [-0.4, -0.2) is 21.5 Å². The quantitative estimate of drug-likeness (QED) is 0.264. The Hall–Kier alpha value is -3.89. The summed E-state index contributed by atoms with van der Waals surface area (Å²) in [5, 5.41) is 2.47. The lowest BCUT2D eigenvalue weighted by atomic mass is 10.1. The predicted molar refractivity (Wildman–Crippen MR) is 112 cm³/mol. The van der Waals surface area contributed by atoms with Gasteiger partial charge >= 0.3 is 6.18 Å². The standard InChI is InChI=1S/C23H16F6N4O/c1-12-8-13(2-3-17(12)34-18-9-14(5-7-30-18)23(27,28)29)4-6-31-22-19-20(26)15(24)10-16(25)21(19)32-11-33-22/h2-3,5,7-11H,4,6H2,1H3,(H,31,32,33). The summed E-state index contributed by atoms with van der Waals surface area (Å²) in [6.07, 6.45) is -2.02.